The number of hydrogen-bond donors (Lipinski definition) is 0. The normalized spacial score (nSPS) is 12.6. The van der Waals surface area contributed by atoms with Crippen LogP contribution in [0, 0.1) is 0 Å². The first-order chi connectivity index (χ1) is 29.5. The smallest absolute Gasteiger partial charge is 0.0624 e. The lowest BCUT2D eigenvalue weighted by Gasteiger charge is -2.32. The summed E-state index contributed by atoms with van der Waals surface area (Å²) in [5, 5.41) is 4.94. The Morgan fingerprint density at radius 3 is 1.33 bits per heavy atom. The minimum atomic E-state index is -0.210. The third-order valence-electron chi connectivity index (χ3n) is 12.6. The molecule has 1 nitrogen and oxygen atoms in total. The molecule has 0 aliphatic heterocycles. The first-order valence-corrected chi connectivity index (χ1v) is 20.9. The molecule has 11 rings (SSSR count). The molecule has 0 radical (unpaired) electrons. The predicted octanol–water partition coefficient (Wildman–Crippen LogP) is 16.4. The fourth-order valence-corrected chi connectivity index (χ4v) is 9.65. The highest BCUT2D eigenvalue weighted by molar-refractivity contribution is 6.22. The van der Waals surface area contributed by atoms with Crippen LogP contribution in [0.5, 0.6) is 0 Å². The van der Waals surface area contributed by atoms with E-state index in [2.05, 4.69) is 243 Å². The van der Waals surface area contributed by atoms with Gasteiger partial charge in [0.05, 0.1) is 5.69 Å². The summed E-state index contributed by atoms with van der Waals surface area (Å²) in [5.41, 5.74) is 18.3. The van der Waals surface area contributed by atoms with Gasteiger partial charge in [-0.05, 0) is 114 Å². The fraction of sp³-hybridized carbons (Fsp3) is 0.0508. The molecule has 60 heavy (non-hydrogen) atoms. The summed E-state index contributed by atoms with van der Waals surface area (Å²) < 4.78 is 0. The van der Waals surface area contributed by atoms with Crippen LogP contribution in [0.3, 0.4) is 0 Å². The third kappa shape index (κ3) is 5.93. The van der Waals surface area contributed by atoms with Crippen molar-refractivity contribution in [2.45, 2.75) is 19.3 Å². The highest BCUT2D eigenvalue weighted by Gasteiger charge is 2.37. The molecule has 0 atom stereocenters. The standard InChI is InChI=1S/C59H43N/c1-59(2)55-38-46(41-19-8-4-9-20-41)31-35-51(55)52-36-34-48(39-56(52)59)60(47-32-29-42(30-33-47)45-24-16-23-44(37-45)40-17-6-3-7-18-40)58-54-28-15-13-26-50(54)49-25-12-14-27-53(49)57(58)43-21-10-5-11-22-43/h3-39H,1-2H3. The maximum Gasteiger partial charge on any atom is 0.0624 e. The largest absolute Gasteiger partial charge is 0.309 e. The summed E-state index contributed by atoms with van der Waals surface area (Å²) >= 11 is 0. The molecule has 1 aliphatic carbocycles. The average Bonchev–Trinajstić information content (AvgIpc) is 3.54. The van der Waals surface area contributed by atoms with Gasteiger partial charge in [0, 0.05) is 27.7 Å². The second kappa shape index (κ2) is 14.4. The van der Waals surface area contributed by atoms with Gasteiger partial charge in [0.2, 0.25) is 0 Å². The van der Waals surface area contributed by atoms with Crippen molar-refractivity contribution >= 4 is 38.6 Å². The van der Waals surface area contributed by atoms with E-state index in [1.807, 2.05) is 0 Å². The number of nitrogens with zero attached hydrogens (tertiary/aromatic N) is 1. The number of fused-ring (bicyclic) bond motifs is 6. The maximum absolute atomic E-state index is 2.52. The van der Waals surface area contributed by atoms with E-state index >= 15 is 0 Å². The zero-order valence-electron chi connectivity index (χ0n) is 33.8. The lowest BCUT2D eigenvalue weighted by Crippen LogP contribution is -2.17. The van der Waals surface area contributed by atoms with Crippen molar-refractivity contribution in [1.29, 1.82) is 0 Å². The Bertz CT molecular complexity index is 3200. The molecule has 0 aromatic heterocycles. The molecular formula is C59H43N. The van der Waals surface area contributed by atoms with Crippen LogP contribution in [-0.4, -0.2) is 0 Å². The van der Waals surface area contributed by atoms with E-state index in [1.165, 1.54) is 94.0 Å². The van der Waals surface area contributed by atoms with Crippen LogP contribution in [0.25, 0.3) is 77.2 Å². The van der Waals surface area contributed by atoms with E-state index in [1.54, 1.807) is 0 Å². The van der Waals surface area contributed by atoms with E-state index in [9.17, 15) is 0 Å². The van der Waals surface area contributed by atoms with Crippen molar-refractivity contribution in [3.63, 3.8) is 0 Å². The van der Waals surface area contributed by atoms with Gasteiger partial charge in [0.1, 0.15) is 0 Å². The van der Waals surface area contributed by atoms with Gasteiger partial charge in [0.15, 0.2) is 0 Å². The summed E-state index contributed by atoms with van der Waals surface area (Å²) in [6.45, 7) is 4.78. The van der Waals surface area contributed by atoms with E-state index in [4.69, 9.17) is 0 Å². The summed E-state index contributed by atoms with van der Waals surface area (Å²) in [5.74, 6) is 0. The Balaban J connectivity index is 1.13. The van der Waals surface area contributed by atoms with Gasteiger partial charge in [-0.25, -0.2) is 0 Å². The zero-order chi connectivity index (χ0) is 40.2. The van der Waals surface area contributed by atoms with Gasteiger partial charge in [-0.15, -0.1) is 0 Å². The van der Waals surface area contributed by atoms with Gasteiger partial charge in [0.25, 0.3) is 0 Å². The van der Waals surface area contributed by atoms with Crippen LogP contribution in [0.1, 0.15) is 25.0 Å². The van der Waals surface area contributed by atoms with Gasteiger partial charge >= 0.3 is 0 Å². The molecule has 10 aromatic carbocycles. The molecule has 0 spiro atoms. The van der Waals surface area contributed by atoms with E-state index in [0.717, 1.165) is 11.4 Å². The van der Waals surface area contributed by atoms with Crippen LogP contribution in [-0.2, 0) is 5.41 Å². The lowest BCUT2D eigenvalue weighted by molar-refractivity contribution is 0.660. The van der Waals surface area contributed by atoms with Crippen LogP contribution >= 0.6 is 0 Å². The second-order valence-electron chi connectivity index (χ2n) is 16.5. The molecule has 0 unspecified atom stereocenters. The summed E-state index contributed by atoms with van der Waals surface area (Å²) in [4.78, 5) is 2.52. The monoisotopic (exact) mass is 765 g/mol. The van der Waals surface area contributed by atoms with E-state index in [-0.39, 0.29) is 5.41 Å². The summed E-state index contributed by atoms with van der Waals surface area (Å²) in [6, 6.07) is 82.4. The quantitative estimate of drug-likeness (QED) is 0.146. The van der Waals surface area contributed by atoms with E-state index < -0.39 is 0 Å². The topological polar surface area (TPSA) is 3.24 Å². The first kappa shape index (κ1) is 35.7. The molecule has 1 heteroatoms. The molecule has 0 bridgehead atoms. The van der Waals surface area contributed by atoms with Gasteiger partial charge in [-0.3, -0.25) is 0 Å². The van der Waals surface area contributed by atoms with Crippen molar-refractivity contribution in [2.24, 2.45) is 0 Å². The van der Waals surface area contributed by atoms with Crippen molar-refractivity contribution in [2.75, 3.05) is 4.90 Å². The van der Waals surface area contributed by atoms with Crippen LogP contribution in [0.15, 0.2) is 224 Å². The fourth-order valence-electron chi connectivity index (χ4n) is 9.65. The van der Waals surface area contributed by atoms with Crippen LogP contribution < -0.4 is 4.90 Å². The molecule has 0 heterocycles. The zero-order valence-corrected chi connectivity index (χ0v) is 33.8. The number of hydrogen-bond acceptors (Lipinski definition) is 1. The summed E-state index contributed by atoms with van der Waals surface area (Å²) in [6.07, 6.45) is 0. The average molecular weight is 766 g/mol. The molecule has 0 N–H and O–H groups in total. The Morgan fingerprint density at radius 2 is 0.717 bits per heavy atom. The number of benzene rings is 10. The molecule has 0 fully saturated rings. The SMILES string of the molecule is CC1(C)c2cc(-c3ccccc3)ccc2-c2ccc(N(c3ccc(-c4cccc(-c5ccccc5)c4)cc3)c3c(-c4ccccc4)c4ccccc4c4ccccc34)cc21. The molecule has 0 saturated heterocycles. The first-order valence-electron chi connectivity index (χ1n) is 20.9. The number of rotatable bonds is 7. The van der Waals surface area contributed by atoms with Crippen molar-refractivity contribution < 1.29 is 0 Å². The second-order valence-corrected chi connectivity index (χ2v) is 16.5. The van der Waals surface area contributed by atoms with Crippen LogP contribution in [0.2, 0.25) is 0 Å². The maximum atomic E-state index is 2.52. The Kier molecular flexibility index (Phi) is 8.57. The third-order valence-corrected chi connectivity index (χ3v) is 12.6. The van der Waals surface area contributed by atoms with Crippen LogP contribution in [0.4, 0.5) is 17.1 Å². The molecule has 10 aromatic rings. The Labute approximate surface area is 352 Å². The van der Waals surface area contributed by atoms with Gasteiger partial charge < -0.3 is 4.90 Å². The van der Waals surface area contributed by atoms with Crippen molar-refractivity contribution in [3.8, 4) is 55.6 Å². The molecule has 0 saturated carbocycles. The minimum absolute atomic E-state index is 0.210. The minimum Gasteiger partial charge on any atom is -0.309 e. The molecule has 0 amide bonds. The van der Waals surface area contributed by atoms with Gasteiger partial charge in [-0.2, -0.15) is 0 Å². The molecule has 1 aliphatic rings. The highest BCUT2D eigenvalue weighted by atomic mass is 15.1. The summed E-state index contributed by atoms with van der Waals surface area (Å²) in [7, 11) is 0. The Hall–Kier alpha value is -7.48. The number of anilines is 3. The van der Waals surface area contributed by atoms with Crippen molar-refractivity contribution in [1.82, 2.24) is 0 Å². The van der Waals surface area contributed by atoms with E-state index in [0.29, 0.717) is 0 Å². The molecule has 284 valence electrons. The highest BCUT2D eigenvalue weighted by Crippen LogP contribution is 2.54. The molecular weight excluding hydrogens is 723 g/mol. The predicted molar refractivity (Wildman–Crippen MR) is 255 cm³/mol. The van der Waals surface area contributed by atoms with Crippen molar-refractivity contribution in [3.05, 3.63) is 236 Å². The lowest BCUT2D eigenvalue weighted by atomic mass is 9.81. The Morgan fingerprint density at radius 1 is 0.300 bits per heavy atom. The van der Waals surface area contributed by atoms with Gasteiger partial charge in [-0.1, -0.05) is 202 Å².